The topological polar surface area (TPSA) is 38.7 Å². The highest BCUT2D eigenvalue weighted by molar-refractivity contribution is 4.77. The number of hydrogen-bond donors (Lipinski definition) is 1. The average Bonchev–Trinajstić information content (AvgIpc) is 2.16. The normalized spacial score (nSPS) is 28.9. The van der Waals surface area contributed by atoms with Crippen molar-refractivity contribution >= 4 is 0 Å². The van der Waals surface area contributed by atoms with Crippen molar-refractivity contribution in [2.75, 3.05) is 6.61 Å². The number of aliphatic hydroxyl groups excluding tert-OH is 1. The first-order valence-corrected chi connectivity index (χ1v) is 6.15. The van der Waals surface area contributed by atoms with Gasteiger partial charge in [-0.3, -0.25) is 0 Å². The maximum atomic E-state index is 8.96. The molecule has 0 radical (unpaired) electrons. The van der Waals surface area contributed by atoms with Crippen molar-refractivity contribution in [3.05, 3.63) is 12.7 Å². The van der Waals surface area contributed by atoms with E-state index >= 15 is 0 Å². The van der Waals surface area contributed by atoms with Crippen LogP contribution in [-0.2, 0) is 9.47 Å². The fourth-order valence-electron chi connectivity index (χ4n) is 2.21. The molecule has 94 valence electrons. The Kier molecular flexibility index (Phi) is 5.46. The summed E-state index contributed by atoms with van der Waals surface area (Å²) >= 11 is 0. The molecule has 0 amide bonds. The van der Waals surface area contributed by atoms with Gasteiger partial charge in [0.1, 0.15) is 0 Å². The lowest BCUT2D eigenvalue weighted by molar-refractivity contribution is -0.301. The zero-order valence-corrected chi connectivity index (χ0v) is 10.4. The lowest BCUT2D eigenvalue weighted by atomic mass is 10.0. The molecule has 1 N–H and O–H groups in total. The van der Waals surface area contributed by atoms with E-state index < -0.39 is 5.79 Å². The van der Waals surface area contributed by atoms with E-state index in [2.05, 4.69) is 6.58 Å². The molecular formula is C13H24O3. The van der Waals surface area contributed by atoms with Crippen molar-refractivity contribution in [3.63, 3.8) is 0 Å². The Labute approximate surface area is 98.4 Å². The maximum Gasteiger partial charge on any atom is 0.163 e. The summed E-state index contributed by atoms with van der Waals surface area (Å²) in [7, 11) is 0. The van der Waals surface area contributed by atoms with Crippen LogP contribution in [0.2, 0.25) is 0 Å². The smallest absolute Gasteiger partial charge is 0.163 e. The van der Waals surface area contributed by atoms with Gasteiger partial charge in [-0.05, 0) is 39.5 Å². The van der Waals surface area contributed by atoms with E-state index in [0.717, 1.165) is 25.7 Å². The first-order valence-electron chi connectivity index (χ1n) is 6.15. The molecule has 0 spiro atoms. The third-order valence-corrected chi connectivity index (χ3v) is 2.81. The molecule has 0 aromatic heterocycles. The molecule has 1 rings (SSSR count). The van der Waals surface area contributed by atoms with Crippen molar-refractivity contribution in [1.29, 1.82) is 0 Å². The third-order valence-electron chi connectivity index (χ3n) is 2.81. The predicted molar refractivity (Wildman–Crippen MR) is 64.2 cm³/mol. The summed E-state index contributed by atoms with van der Waals surface area (Å²) in [6.07, 6.45) is 7.09. The number of ether oxygens (including phenoxy) is 2. The fraction of sp³-hybridized carbons (Fsp3) is 0.846. The van der Waals surface area contributed by atoms with Crippen LogP contribution in [0.3, 0.4) is 0 Å². The Morgan fingerprint density at radius 3 is 2.50 bits per heavy atom. The molecule has 1 saturated heterocycles. The molecule has 1 heterocycles. The number of rotatable bonds is 6. The zero-order chi connectivity index (χ0) is 12.0. The quantitative estimate of drug-likeness (QED) is 0.561. The first kappa shape index (κ1) is 13.7. The van der Waals surface area contributed by atoms with E-state index in [1.165, 1.54) is 0 Å². The van der Waals surface area contributed by atoms with Gasteiger partial charge in [-0.2, -0.15) is 0 Å². The number of allylic oxidation sites excluding steroid dienone is 1. The van der Waals surface area contributed by atoms with Gasteiger partial charge in [0.2, 0.25) is 0 Å². The highest BCUT2D eigenvalue weighted by atomic mass is 16.7. The Hall–Kier alpha value is -0.380. The fourth-order valence-corrected chi connectivity index (χ4v) is 2.21. The van der Waals surface area contributed by atoms with Gasteiger partial charge in [0.05, 0.1) is 12.2 Å². The van der Waals surface area contributed by atoms with Gasteiger partial charge in [-0.1, -0.05) is 6.08 Å². The number of hydrogen-bond acceptors (Lipinski definition) is 3. The summed E-state index contributed by atoms with van der Waals surface area (Å²) in [6, 6.07) is 0. The average molecular weight is 228 g/mol. The number of aliphatic hydroxyl groups is 1. The van der Waals surface area contributed by atoms with Crippen molar-refractivity contribution in [1.82, 2.24) is 0 Å². The standard InChI is InChI=1S/C13H24O3/c1-4-5-6-7-11-10-12(8-9-14)16-13(2,3)15-11/h4,11-12,14H,1,5-10H2,2-3H3/t11-,12-/m0/s1. The minimum absolute atomic E-state index is 0.127. The van der Waals surface area contributed by atoms with Gasteiger partial charge in [0.25, 0.3) is 0 Å². The van der Waals surface area contributed by atoms with Crippen molar-refractivity contribution in [3.8, 4) is 0 Å². The molecule has 1 aliphatic heterocycles. The van der Waals surface area contributed by atoms with Crippen LogP contribution in [0.15, 0.2) is 12.7 Å². The van der Waals surface area contributed by atoms with E-state index in [4.69, 9.17) is 14.6 Å². The lowest BCUT2D eigenvalue weighted by Crippen LogP contribution is -2.44. The zero-order valence-electron chi connectivity index (χ0n) is 10.4. The largest absolute Gasteiger partial charge is 0.396 e. The molecule has 1 aliphatic rings. The van der Waals surface area contributed by atoms with Crippen molar-refractivity contribution < 1.29 is 14.6 Å². The predicted octanol–water partition coefficient (Wildman–Crippen LogP) is 2.64. The van der Waals surface area contributed by atoms with Crippen molar-refractivity contribution in [2.45, 2.75) is 63.9 Å². The van der Waals surface area contributed by atoms with E-state index in [-0.39, 0.29) is 18.8 Å². The van der Waals surface area contributed by atoms with Gasteiger partial charge in [-0.15, -0.1) is 6.58 Å². The van der Waals surface area contributed by atoms with E-state index in [0.29, 0.717) is 6.42 Å². The van der Waals surface area contributed by atoms with Gasteiger partial charge >= 0.3 is 0 Å². The Bertz CT molecular complexity index is 213. The van der Waals surface area contributed by atoms with Crippen molar-refractivity contribution in [2.24, 2.45) is 0 Å². The molecule has 0 aromatic carbocycles. The van der Waals surface area contributed by atoms with Crippen LogP contribution in [0.1, 0.15) is 46.0 Å². The molecule has 0 unspecified atom stereocenters. The Balaban J connectivity index is 2.41. The molecule has 3 heteroatoms. The summed E-state index contributed by atoms with van der Waals surface area (Å²) in [5.41, 5.74) is 0. The van der Waals surface area contributed by atoms with Gasteiger partial charge in [0.15, 0.2) is 5.79 Å². The number of unbranched alkanes of at least 4 members (excludes halogenated alkanes) is 1. The van der Waals surface area contributed by atoms with E-state index in [1.54, 1.807) is 0 Å². The summed E-state index contributed by atoms with van der Waals surface area (Å²) in [5, 5.41) is 8.96. The van der Waals surface area contributed by atoms with Crippen LogP contribution in [0.5, 0.6) is 0 Å². The van der Waals surface area contributed by atoms with E-state index in [9.17, 15) is 0 Å². The molecule has 0 saturated carbocycles. The minimum atomic E-state index is -0.517. The molecule has 16 heavy (non-hydrogen) atoms. The summed E-state index contributed by atoms with van der Waals surface area (Å²) in [4.78, 5) is 0. The molecular weight excluding hydrogens is 204 g/mol. The molecule has 2 atom stereocenters. The third kappa shape index (κ3) is 4.64. The molecule has 3 nitrogen and oxygen atoms in total. The SMILES string of the molecule is C=CCCC[C@H]1C[C@H](CCO)OC(C)(C)O1. The van der Waals surface area contributed by atoms with E-state index in [1.807, 2.05) is 19.9 Å². The maximum absolute atomic E-state index is 8.96. The molecule has 0 aromatic rings. The van der Waals surface area contributed by atoms with Gasteiger partial charge in [-0.25, -0.2) is 0 Å². The van der Waals surface area contributed by atoms with Crippen LogP contribution in [0.4, 0.5) is 0 Å². The molecule has 1 fully saturated rings. The lowest BCUT2D eigenvalue weighted by Gasteiger charge is -2.40. The second-order valence-corrected chi connectivity index (χ2v) is 4.85. The second kappa shape index (κ2) is 6.38. The van der Waals surface area contributed by atoms with Crippen LogP contribution < -0.4 is 0 Å². The Morgan fingerprint density at radius 1 is 1.31 bits per heavy atom. The minimum Gasteiger partial charge on any atom is -0.396 e. The Morgan fingerprint density at radius 2 is 1.94 bits per heavy atom. The summed E-state index contributed by atoms with van der Waals surface area (Å²) < 4.78 is 11.6. The molecule has 0 aliphatic carbocycles. The second-order valence-electron chi connectivity index (χ2n) is 4.85. The molecule has 0 bridgehead atoms. The first-order chi connectivity index (χ1) is 7.57. The monoisotopic (exact) mass is 228 g/mol. The van der Waals surface area contributed by atoms with Crippen LogP contribution in [0.25, 0.3) is 0 Å². The van der Waals surface area contributed by atoms with Gasteiger partial charge in [0, 0.05) is 13.0 Å². The van der Waals surface area contributed by atoms with Gasteiger partial charge < -0.3 is 14.6 Å². The highest BCUT2D eigenvalue weighted by Gasteiger charge is 2.34. The van der Waals surface area contributed by atoms with Crippen LogP contribution in [0, 0.1) is 0 Å². The summed E-state index contributed by atoms with van der Waals surface area (Å²) in [6.45, 7) is 7.78. The highest BCUT2D eigenvalue weighted by Crippen LogP contribution is 2.30. The van der Waals surface area contributed by atoms with Crippen LogP contribution >= 0.6 is 0 Å². The van der Waals surface area contributed by atoms with Crippen LogP contribution in [-0.4, -0.2) is 29.7 Å². The summed E-state index contributed by atoms with van der Waals surface area (Å²) in [5.74, 6) is -0.517.